The summed E-state index contributed by atoms with van der Waals surface area (Å²) in [5, 5.41) is 8.77. The lowest BCUT2D eigenvalue weighted by molar-refractivity contribution is 0.202. The molecule has 3 nitrogen and oxygen atoms in total. The van der Waals surface area contributed by atoms with E-state index in [1.54, 1.807) is 13.2 Å². The fourth-order valence-corrected chi connectivity index (χ4v) is 2.36. The molecule has 0 spiro atoms. The average molecular weight is 262 g/mol. The second kappa shape index (κ2) is 6.03. The molecule has 0 amide bonds. The normalized spacial score (nSPS) is 15.9. The molecule has 19 heavy (non-hydrogen) atoms. The maximum atomic E-state index is 13.7. The molecule has 4 heteroatoms. The van der Waals surface area contributed by atoms with Crippen molar-refractivity contribution in [2.75, 3.05) is 25.2 Å². The Morgan fingerprint density at radius 2 is 2.26 bits per heavy atom. The number of hydrogen-bond acceptors (Lipinski definition) is 3. The molecule has 1 aliphatic carbocycles. The molecule has 0 heterocycles. The summed E-state index contributed by atoms with van der Waals surface area (Å²) in [5.41, 5.74) is 0.919. The van der Waals surface area contributed by atoms with E-state index >= 15 is 0 Å². The molecular formula is C15H19FN2O. The minimum atomic E-state index is -0.453. The molecule has 0 N–H and O–H groups in total. The summed E-state index contributed by atoms with van der Waals surface area (Å²) in [6.45, 7) is 3.52. The SMILES string of the molecule is COCCN(c1ccc(C#N)c(F)c1)C(C)C1CC1. The van der Waals surface area contributed by atoms with Crippen LogP contribution < -0.4 is 4.90 Å². The van der Waals surface area contributed by atoms with E-state index in [9.17, 15) is 4.39 Å². The first-order valence-corrected chi connectivity index (χ1v) is 6.62. The monoisotopic (exact) mass is 262 g/mol. The number of nitrogens with zero attached hydrogens (tertiary/aromatic N) is 2. The second-order valence-electron chi connectivity index (χ2n) is 5.04. The van der Waals surface area contributed by atoms with Crippen LogP contribution in [0.5, 0.6) is 0 Å². The molecule has 1 atom stereocenters. The van der Waals surface area contributed by atoms with Crippen molar-refractivity contribution < 1.29 is 9.13 Å². The van der Waals surface area contributed by atoms with Crippen molar-refractivity contribution in [1.29, 1.82) is 5.26 Å². The third kappa shape index (κ3) is 3.24. The summed E-state index contributed by atoms with van der Waals surface area (Å²) in [6.07, 6.45) is 2.48. The van der Waals surface area contributed by atoms with Gasteiger partial charge in [0, 0.05) is 25.4 Å². The number of ether oxygens (including phenoxy) is 1. The molecule has 1 unspecified atom stereocenters. The van der Waals surface area contributed by atoms with E-state index in [2.05, 4.69) is 11.8 Å². The highest BCUT2D eigenvalue weighted by Gasteiger charge is 2.32. The van der Waals surface area contributed by atoms with Crippen LogP contribution in [0.1, 0.15) is 25.3 Å². The van der Waals surface area contributed by atoms with Gasteiger partial charge in [-0.3, -0.25) is 0 Å². The number of anilines is 1. The third-order valence-electron chi connectivity index (χ3n) is 3.74. The molecule has 102 valence electrons. The van der Waals surface area contributed by atoms with Crippen LogP contribution in [0.2, 0.25) is 0 Å². The molecule has 0 bridgehead atoms. The first-order chi connectivity index (χ1) is 9.17. The fraction of sp³-hybridized carbons (Fsp3) is 0.533. The van der Waals surface area contributed by atoms with Crippen molar-refractivity contribution in [3.8, 4) is 6.07 Å². The van der Waals surface area contributed by atoms with E-state index in [-0.39, 0.29) is 5.56 Å². The number of nitriles is 1. The lowest BCUT2D eigenvalue weighted by Gasteiger charge is -2.31. The topological polar surface area (TPSA) is 36.3 Å². The lowest BCUT2D eigenvalue weighted by Crippen LogP contribution is -2.37. The van der Waals surface area contributed by atoms with Gasteiger partial charge in [-0.1, -0.05) is 0 Å². The number of hydrogen-bond donors (Lipinski definition) is 0. The zero-order valence-corrected chi connectivity index (χ0v) is 11.4. The molecule has 0 saturated heterocycles. The molecule has 0 aliphatic heterocycles. The first kappa shape index (κ1) is 13.8. The van der Waals surface area contributed by atoms with Gasteiger partial charge in [0.1, 0.15) is 11.9 Å². The lowest BCUT2D eigenvalue weighted by atomic mass is 10.1. The molecule has 1 aliphatic rings. The number of rotatable bonds is 6. The summed E-state index contributed by atoms with van der Waals surface area (Å²) in [4.78, 5) is 2.17. The number of halogens is 1. The first-order valence-electron chi connectivity index (χ1n) is 6.62. The molecule has 2 rings (SSSR count). The van der Waals surface area contributed by atoms with Crippen molar-refractivity contribution in [2.45, 2.75) is 25.8 Å². The largest absolute Gasteiger partial charge is 0.383 e. The van der Waals surface area contributed by atoms with Gasteiger partial charge in [-0.15, -0.1) is 0 Å². The Hall–Kier alpha value is -1.60. The maximum absolute atomic E-state index is 13.7. The Morgan fingerprint density at radius 3 is 2.79 bits per heavy atom. The van der Waals surface area contributed by atoms with Crippen LogP contribution in [0.25, 0.3) is 0 Å². The molecule has 1 saturated carbocycles. The van der Waals surface area contributed by atoms with Crippen molar-refractivity contribution >= 4 is 5.69 Å². The Morgan fingerprint density at radius 1 is 1.53 bits per heavy atom. The van der Waals surface area contributed by atoms with E-state index in [0.717, 1.165) is 12.2 Å². The predicted octanol–water partition coefficient (Wildman–Crippen LogP) is 2.95. The van der Waals surface area contributed by atoms with E-state index in [1.165, 1.54) is 18.9 Å². The molecule has 1 aromatic carbocycles. The highest BCUT2D eigenvalue weighted by atomic mass is 19.1. The van der Waals surface area contributed by atoms with Crippen LogP contribution >= 0.6 is 0 Å². The Bertz CT molecular complexity index is 480. The highest BCUT2D eigenvalue weighted by molar-refractivity contribution is 5.51. The van der Waals surface area contributed by atoms with Crippen molar-refractivity contribution in [3.63, 3.8) is 0 Å². The van der Waals surface area contributed by atoms with Gasteiger partial charge in [0.15, 0.2) is 0 Å². The van der Waals surface area contributed by atoms with Gasteiger partial charge >= 0.3 is 0 Å². The summed E-state index contributed by atoms with van der Waals surface area (Å²) in [7, 11) is 1.67. The van der Waals surface area contributed by atoms with Gasteiger partial charge in [-0.25, -0.2) is 4.39 Å². The number of benzene rings is 1. The maximum Gasteiger partial charge on any atom is 0.143 e. The van der Waals surface area contributed by atoms with Crippen LogP contribution in [0.3, 0.4) is 0 Å². The minimum absolute atomic E-state index is 0.0921. The molecule has 0 aromatic heterocycles. The van der Waals surface area contributed by atoms with Gasteiger partial charge in [-0.05, 0) is 43.9 Å². The van der Waals surface area contributed by atoms with Crippen molar-refractivity contribution in [3.05, 3.63) is 29.6 Å². The summed E-state index contributed by atoms with van der Waals surface area (Å²) < 4.78 is 18.9. The Balaban J connectivity index is 2.21. The Labute approximate surface area is 113 Å². The highest BCUT2D eigenvalue weighted by Crippen LogP contribution is 2.37. The van der Waals surface area contributed by atoms with Gasteiger partial charge < -0.3 is 9.64 Å². The second-order valence-corrected chi connectivity index (χ2v) is 5.04. The van der Waals surface area contributed by atoms with Gasteiger partial charge in [0.25, 0.3) is 0 Å². The predicted molar refractivity (Wildman–Crippen MR) is 72.5 cm³/mol. The van der Waals surface area contributed by atoms with E-state index < -0.39 is 5.82 Å². The standard InChI is InChI=1S/C15H19FN2O/c1-11(12-3-4-12)18(7-8-19-2)14-6-5-13(10-17)15(16)9-14/h5-6,9,11-12H,3-4,7-8H2,1-2H3. The molecule has 1 aromatic rings. The van der Waals surface area contributed by atoms with E-state index in [1.807, 2.05) is 12.1 Å². The third-order valence-corrected chi connectivity index (χ3v) is 3.74. The Kier molecular flexibility index (Phi) is 4.39. The van der Waals surface area contributed by atoms with Gasteiger partial charge in [0.2, 0.25) is 0 Å². The van der Waals surface area contributed by atoms with Gasteiger partial charge in [0.05, 0.1) is 12.2 Å². The molecule has 0 radical (unpaired) electrons. The fourth-order valence-electron chi connectivity index (χ4n) is 2.36. The number of methoxy groups -OCH3 is 1. The quantitative estimate of drug-likeness (QED) is 0.790. The van der Waals surface area contributed by atoms with E-state index in [4.69, 9.17) is 10.00 Å². The van der Waals surface area contributed by atoms with Crippen LogP contribution in [0, 0.1) is 23.1 Å². The van der Waals surface area contributed by atoms with Crippen LogP contribution in [0.15, 0.2) is 18.2 Å². The van der Waals surface area contributed by atoms with Gasteiger partial charge in [-0.2, -0.15) is 5.26 Å². The van der Waals surface area contributed by atoms with E-state index in [0.29, 0.717) is 18.6 Å². The average Bonchev–Trinajstić information content (AvgIpc) is 3.23. The minimum Gasteiger partial charge on any atom is -0.383 e. The van der Waals surface area contributed by atoms with Crippen molar-refractivity contribution in [1.82, 2.24) is 0 Å². The summed E-state index contributed by atoms with van der Waals surface area (Å²) >= 11 is 0. The zero-order valence-electron chi connectivity index (χ0n) is 11.4. The van der Waals surface area contributed by atoms with Crippen molar-refractivity contribution in [2.24, 2.45) is 5.92 Å². The molecule has 1 fully saturated rings. The van der Waals surface area contributed by atoms with Crippen LogP contribution in [0.4, 0.5) is 10.1 Å². The zero-order chi connectivity index (χ0) is 13.8. The summed E-state index contributed by atoms with van der Waals surface area (Å²) in [6, 6.07) is 7.04. The van der Waals surface area contributed by atoms with Crippen LogP contribution in [-0.2, 0) is 4.74 Å². The summed E-state index contributed by atoms with van der Waals surface area (Å²) in [5.74, 6) is 0.237. The van der Waals surface area contributed by atoms with Crippen LogP contribution in [-0.4, -0.2) is 26.3 Å². The smallest absolute Gasteiger partial charge is 0.143 e. The molecular weight excluding hydrogens is 243 g/mol.